The Morgan fingerprint density at radius 1 is 1.15 bits per heavy atom. The Hall–Kier alpha value is -4.59. The lowest BCUT2D eigenvalue weighted by atomic mass is 10.1. The highest BCUT2D eigenvalue weighted by Crippen LogP contribution is 2.24. The summed E-state index contributed by atoms with van der Waals surface area (Å²) in [6, 6.07) is 10.3. The van der Waals surface area contributed by atoms with E-state index in [-0.39, 0.29) is 28.3 Å². The molecule has 0 aliphatic heterocycles. The van der Waals surface area contributed by atoms with E-state index in [1.165, 1.54) is 42.7 Å². The van der Waals surface area contributed by atoms with Crippen molar-refractivity contribution < 1.29 is 22.4 Å². The van der Waals surface area contributed by atoms with Gasteiger partial charge in [-0.3, -0.25) is 9.78 Å². The Morgan fingerprint density at radius 2 is 1.94 bits per heavy atom. The highest BCUT2D eigenvalue weighted by atomic mass is 19.4. The van der Waals surface area contributed by atoms with E-state index < -0.39 is 23.6 Å². The summed E-state index contributed by atoms with van der Waals surface area (Å²) in [5.41, 5.74) is 4.18. The Balaban J connectivity index is 1.81. The number of halogens is 4. The minimum atomic E-state index is -4.79. The summed E-state index contributed by atoms with van der Waals surface area (Å²) >= 11 is 0. The van der Waals surface area contributed by atoms with E-state index >= 15 is 0 Å². The quantitative estimate of drug-likeness (QED) is 0.439. The van der Waals surface area contributed by atoms with Crippen molar-refractivity contribution in [2.24, 2.45) is 10.7 Å². The Morgan fingerprint density at radius 3 is 2.55 bits per heavy atom. The third kappa shape index (κ3) is 5.98. The van der Waals surface area contributed by atoms with Crippen LogP contribution in [0.4, 0.5) is 29.1 Å². The maximum Gasteiger partial charge on any atom is 0.433 e. The fourth-order valence-corrected chi connectivity index (χ4v) is 2.55. The molecule has 1 amide bonds. The summed E-state index contributed by atoms with van der Waals surface area (Å²) in [6.45, 7) is 0. The van der Waals surface area contributed by atoms with E-state index in [9.17, 15) is 22.4 Å². The van der Waals surface area contributed by atoms with Crippen LogP contribution in [0.25, 0.3) is 5.70 Å². The van der Waals surface area contributed by atoms with Crippen molar-refractivity contribution in [2.45, 2.75) is 6.18 Å². The van der Waals surface area contributed by atoms with E-state index in [1.807, 2.05) is 0 Å². The second-order valence-corrected chi connectivity index (χ2v) is 6.50. The number of carbonyl (C=O) groups excluding carboxylic acids is 1. The predicted octanol–water partition coefficient (Wildman–Crippen LogP) is 4.37. The van der Waals surface area contributed by atoms with Gasteiger partial charge < -0.3 is 11.1 Å². The van der Waals surface area contributed by atoms with Gasteiger partial charge in [-0.2, -0.15) is 18.4 Å². The molecule has 7 nitrogen and oxygen atoms in total. The highest BCUT2D eigenvalue weighted by Gasteiger charge is 2.34. The Labute approximate surface area is 184 Å². The average Bonchev–Trinajstić information content (AvgIpc) is 2.80. The summed E-state index contributed by atoms with van der Waals surface area (Å²) in [5, 5.41) is 11.3. The van der Waals surface area contributed by atoms with Gasteiger partial charge in [0, 0.05) is 29.2 Å². The van der Waals surface area contributed by atoms with Crippen LogP contribution in [0.3, 0.4) is 0 Å². The zero-order valence-corrected chi connectivity index (χ0v) is 16.6. The molecule has 0 bridgehead atoms. The van der Waals surface area contributed by atoms with Gasteiger partial charge >= 0.3 is 6.18 Å². The Bertz CT molecular complexity index is 1260. The normalized spacial score (nSPS) is 12.2. The molecule has 0 fully saturated rings. The summed E-state index contributed by atoms with van der Waals surface area (Å²) in [6.07, 6.45) is -0.296. The maximum atomic E-state index is 13.4. The van der Waals surface area contributed by atoms with Crippen LogP contribution in [0.2, 0.25) is 0 Å². The third-order valence-electron chi connectivity index (χ3n) is 4.17. The molecule has 0 aliphatic carbocycles. The Kier molecular flexibility index (Phi) is 6.78. The molecule has 2 aromatic heterocycles. The van der Waals surface area contributed by atoms with Crippen molar-refractivity contribution in [1.82, 2.24) is 9.97 Å². The van der Waals surface area contributed by atoms with Crippen LogP contribution in [0.15, 0.2) is 72.1 Å². The lowest BCUT2D eigenvalue weighted by Gasteiger charge is -2.09. The number of nitrogens with one attached hydrogen (secondary N) is 1. The first-order valence-corrected chi connectivity index (χ1v) is 9.18. The average molecular weight is 454 g/mol. The number of aliphatic imine (C=N–C) groups is 1. The lowest BCUT2D eigenvalue weighted by Crippen LogP contribution is -2.22. The van der Waals surface area contributed by atoms with Crippen LogP contribution in [-0.2, 0) is 0 Å². The van der Waals surface area contributed by atoms with Gasteiger partial charge in [-0.1, -0.05) is 0 Å². The molecule has 3 N–H and O–H groups in total. The SMILES string of the molecule is N#Cc1cc(C(=O)Nc2ccc(N=C(C=C(N)c3cccnc3)C(F)(F)F)cn2)ccc1F. The molecule has 2 heterocycles. The fraction of sp³-hybridized carbons (Fsp3) is 0.0455. The van der Waals surface area contributed by atoms with Crippen molar-refractivity contribution in [3.63, 3.8) is 0 Å². The molecule has 0 radical (unpaired) electrons. The van der Waals surface area contributed by atoms with Crippen molar-refractivity contribution in [1.29, 1.82) is 5.26 Å². The summed E-state index contributed by atoms with van der Waals surface area (Å²) < 4.78 is 53.7. The summed E-state index contributed by atoms with van der Waals surface area (Å²) in [4.78, 5) is 23.5. The molecule has 33 heavy (non-hydrogen) atoms. The topological polar surface area (TPSA) is 117 Å². The number of nitriles is 1. The first kappa shape index (κ1) is 23.1. The maximum absolute atomic E-state index is 13.4. The second kappa shape index (κ2) is 9.69. The molecule has 1 aromatic carbocycles. The third-order valence-corrected chi connectivity index (χ3v) is 4.17. The molecule has 166 valence electrons. The molecule has 3 aromatic rings. The lowest BCUT2D eigenvalue weighted by molar-refractivity contribution is -0.0576. The molecule has 11 heteroatoms. The molecular formula is C22H14F4N6O. The number of alkyl halides is 3. The zero-order valence-electron chi connectivity index (χ0n) is 16.6. The van der Waals surface area contributed by atoms with Crippen molar-refractivity contribution in [2.75, 3.05) is 5.32 Å². The first-order chi connectivity index (χ1) is 15.7. The van der Waals surface area contributed by atoms with Crippen LogP contribution in [0.1, 0.15) is 21.5 Å². The molecule has 0 atom stereocenters. The van der Waals surface area contributed by atoms with Gasteiger partial charge in [0.15, 0.2) is 0 Å². The molecule has 3 rings (SSSR count). The standard InChI is InChI=1S/C22H14F4N6O/c23-17-5-3-13(8-15(17)10-27)21(33)32-20-6-4-16(12-30-20)31-19(22(24,25)26)9-18(28)14-2-1-7-29-11-14/h1-9,11-12H,28H2,(H,30,32,33). The van der Waals surface area contributed by atoms with E-state index in [2.05, 4.69) is 20.3 Å². The molecule has 0 saturated carbocycles. The smallest absolute Gasteiger partial charge is 0.398 e. The molecule has 0 unspecified atom stereocenters. The monoisotopic (exact) mass is 454 g/mol. The largest absolute Gasteiger partial charge is 0.433 e. The number of carbonyl (C=O) groups is 1. The van der Waals surface area contributed by atoms with E-state index in [0.29, 0.717) is 11.6 Å². The number of nitrogens with zero attached hydrogens (tertiary/aromatic N) is 4. The summed E-state index contributed by atoms with van der Waals surface area (Å²) in [7, 11) is 0. The highest BCUT2D eigenvalue weighted by molar-refractivity contribution is 6.05. The van der Waals surface area contributed by atoms with Crippen LogP contribution in [0.5, 0.6) is 0 Å². The number of pyridine rings is 2. The number of hydrogen-bond acceptors (Lipinski definition) is 6. The van der Waals surface area contributed by atoms with Gasteiger partial charge in [0.1, 0.15) is 23.4 Å². The van der Waals surface area contributed by atoms with Crippen molar-refractivity contribution in [3.8, 4) is 6.07 Å². The molecule has 0 aliphatic rings. The minimum Gasteiger partial charge on any atom is -0.398 e. The number of allylic oxidation sites excluding steroid dienone is 1. The van der Waals surface area contributed by atoms with E-state index in [0.717, 1.165) is 18.3 Å². The van der Waals surface area contributed by atoms with Crippen LogP contribution >= 0.6 is 0 Å². The molecule has 0 saturated heterocycles. The number of amides is 1. The van der Waals surface area contributed by atoms with E-state index in [4.69, 9.17) is 11.0 Å². The van der Waals surface area contributed by atoms with Gasteiger partial charge in [0.05, 0.1) is 17.4 Å². The number of aromatic nitrogens is 2. The van der Waals surface area contributed by atoms with Crippen molar-refractivity contribution >= 4 is 28.8 Å². The summed E-state index contributed by atoms with van der Waals surface area (Å²) in [5.74, 6) is -1.44. The predicted molar refractivity (Wildman–Crippen MR) is 113 cm³/mol. The zero-order chi connectivity index (χ0) is 24.0. The number of rotatable bonds is 5. The molecule has 0 spiro atoms. The number of anilines is 1. The van der Waals surface area contributed by atoms with Crippen LogP contribution < -0.4 is 11.1 Å². The van der Waals surface area contributed by atoms with Crippen molar-refractivity contribution in [3.05, 3.63) is 89.6 Å². The van der Waals surface area contributed by atoms with Gasteiger partial charge in [0.2, 0.25) is 0 Å². The second-order valence-electron chi connectivity index (χ2n) is 6.50. The number of benzene rings is 1. The molecular weight excluding hydrogens is 440 g/mol. The van der Waals surface area contributed by atoms with Crippen LogP contribution in [-0.4, -0.2) is 27.8 Å². The van der Waals surface area contributed by atoms with Gasteiger partial charge in [-0.15, -0.1) is 0 Å². The van der Waals surface area contributed by atoms with Crippen LogP contribution in [0, 0.1) is 17.1 Å². The number of hydrogen-bond donors (Lipinski definition) is 2. The minimum absolute atomic E-state index is 0.00668. The van der Waals surface area contributed by atoms with Gasteiger partial charge in [0.25, 0.3) is 5.91 Å². The fourth-order valence-electron chi connectivity index (χ4n) is 2.55. The van der Waals surface area contributed by atoms with E-state index in [1.54, 1.807) is 6.07 Å². The first-order valence-electron chi connectivity index (χ1n) is 9.18. The number of nitrogens with two attached hydrogens (primary N) is 1. The van der Waals surface area contributed by atoms with Gasteiger partial charge in [-0.05, 0) is 48.5 Å². The van der Waals surface area contributed by atoms with Gasteiger partial charge in [-0.25, -0.2) is 14.4 Å².